The van der Waals surface area contributed by atoms with Crippen molar-refractivity contribution in [3.8, 4) is 5.75 Å². The maximum Gasteiger partial charge on any atom is 0.309 e. The molecule has 0 saturated carbocycles. The molecular formula is C28H21NO7. The number of aromatic hydroxyl groups is 1. The first kappa shape index (κ1) is 22.9. The summed E-state index contributed by atoms with van der Waals surface area (Å²) in [6, 6.07) is 20.3. The van der Waals surface area contributed by atoms with Gasteiger partial charge in [0.25, 0.3) is 5.91 Å². The van der Waals surface area contributed by atoms with Crippen LogP contribution in [0, 0.1) is 0 Å². The van der Waals surface area contributed by atoms with Gasteiger partial charge in [0.15, 0.2) is 11.5 Å². The predicted molar refractivity (Wildman–Crippen MR) is 131 cm³/mol. The Bertz CT molecular complexity index is 1480. The summed E-state index contributed by atoms with van der Waals surface area (Å²) < 4.78 is 10.4. The molecule has 1 unspecified atom stereocenters. The molecule has 2 N–H and O–H groups in total. The van der Waals surface area contributed by atoms with Crippen LogP contribution in [0.25, 0.3) is 11.0 Å². The topological polar surface area (TPSA) is 117 Å². The molecule has 2 heterocycles. The molecule has 0 aliphatic carbocycles. The maximum absolute atomic E-state index is 13.6. The molecule has 0 saturated heterocycles. The number of methoxy groups -OCH3 is 1. The average Bonchev–Trinajstić information content (AvgIpc) is 3.44. The van der Waals surface area contributed by atoms with Gasteiger partial charge in [-0.3, -0.25) is 19.3 Å². The number of aliphatic hydroxyl groups excluding tert-OH is 1. The number of phenolic OH excluding ortho intramolecular Hbond substituents is 1. The number of aliphatic hydroxyl groups is 1. The van der Waals surface area contributed by atoms with Gasteiger partial charge in [-0.25, -0.2) is 0 Å². The fraction of sp³-hybridized carbons (Fsp3) is 0.107. The Labute approximate surface area is 205 Å². The van der Waals surface area contributed by atoms with E-state index in [9.17, 15) is 24.6 Å². The van der Waals surface area contributed by atoms with Crippen molar-refractivity contribution in [1.29, 1.82) is 0 Å². The minimum atomic E-state index is -0.981. The second kappa shape index (κ2) is 9.07. The average molecular weight is 483 g/mol. The number of anilines is 1. The van der Waals surface area contributed by atoms with Crippen LogP contribution < -0.4 is 4.90 Å². The molecule has 1 aliphatic heterocycles. The lowest BCUT2D eigenvalue weighted by molar-refractivity contribution is -0.139. The first-order valence-corrected chi connectivity index (χ1v) is 11.1. The van der Waals surface area contributed by atoms with Gasteiger partial charge in [0.1, 0.15) is 11.3 Å². The summed E-state index contributed by atoms with van der Waals surface area (Å²) in [5, 5.41) is 21.4. The molecule has 0 radical (unpaired) electrons. The van der Waals surface area contributed by atoms with Gasteiger partial charge >= 0.3 is 5.97 Å². The van der Waals surface area contributed by atoms with E-state index < -0.39 is 29.5 Å². The number of furan rings is 1. The number of amides is 1. The SMILES string of the molecule is COC(=O)Cc1ccc(N2C(=O)C(O)=C(C(=O)c3cc4ccccc4o3)C2c2ccc(O)cc2)cc1. The smallest absolute Gasteiger partial charge is 0.309 e. The number of rotatable bonds is 6. The van der Waals surface area contributed by atoms with Crippen molar-refractivity contribution in [3.05, 3.63) is 107 Å². The Hall–Kier alpha value is -4.85. The molecule has 8 nitrogen and oxygen atoms in total. The van der Waals surface area contributed by atoms with Crippen LogP contribution >= 0.6 is 0 Å². The zero-order chi connectivity index (χ0) is 25.4. The van der Waals surface area contributed by atoms with Crippen LogP contribution in [0.3, 0.4) is 0 Å². The van der Waals surface area contributed by atoms with Gasteiger partial charge in [-0.15, -0.1) is 0 Å². The third-order valence-electron chi connectivity index (χ3n) is 6.10. The predicted octanol–water partition coefficient (Wildman–Crippen LogP) is 4.64. The van der Waals surface area contributed by atoms with Gasteiger partial charge in [0.2, 0.25) is 5.78 Å². The first-order valence-electron chi connectivity index (χ1n) is 11.1. The normalized spacial score (nSPS) is 15.5. The van der Waals surface area contributed by atoms with Crippen molar-refractivity contribution in [2.45, 2.75) is 12.5 Å². The number of carbonyl (C=O) groups excluding carboxylic acids is 3. The molecule has 1 aliphatic rings. The molecule has 5 rings (SSSR count). The van der Waals surface area contributed by atoms with Gasteiger partial charge in [-0.1, -0.05) is 42.5 Å². The van der Waals surface area contributed by atoms with Crippen molar-refractivity contribution >= 4 is 34.3 Å². The van der Waals surface area contributed by atoms with Gasteiger partial charge in [0, 0.05) is 11.1 Å². The summed E-state index contributed by atoms with van der Waals surface area (Å²) in [6.07, 6.45) is 0.0609. The molecular weight excluding hydrogens is 462 g/mol. The fourth-order valence-electron chi connectivity index (χ4n) is 4.32. The van der Waals surface area contributed by atoms with Crippen molar-refractivity contribution in [2.75, 3.05) is 12.0 Å². The number of Topliss-reactive ketones (excluding diaryl/α,β-unsaturated/α-hetero) is 1. The number of nitrogens with zero attached hydrogens (tertiary/aromatic N) is 1. The molecule has 0 spiro atoms. The zero-order valence-corrected chi connectivity index (χ0v) is 19.2. The van der Waals surface area contributed by atoms with E-state index in [4.69, 9.17) is 9.15 Å². The van der Waals surface area contributed by atoms with E-state index in [1.807, 2.05) is 6.07 Å². The molecule has 1 amide bonds. The number of esters is 1. The number of hydrogen-bond acceptors (Lipinski definition) is 7. The van der Waals surface area contributed by atoms with E-state index in [0.29, 0.717) is 27.8 Å². The largest absolute Gasteiger partial charge is 0.508 e. The summed E-state index contributed by atoms with van der Waals surface area (Å²) in [4.78, 5) is 39.8. The van der Waals surface area contributed by atoms with Gasteiger partial charge in [0.05, 0.1) is 25.1 Å². The van der Waals surface area contributed by atoms with E-state index >= 15 is 0 Å². The molecule has 3 aromatic carbocycles. The van der Waals surface area contributed by atoms with Crippen LogP contribution in [0.15, 0.2) is 94.6 Å². The summed E-state index contributed by atoms with van der Waals surface area (Å²) in [6.45, 7) is 0. The summed E-state index contributed by atoms with van der Waals surface area (Å²) >= 11 is 0. The Balaban J connectivity index is 1.58. The van der Waals surface area contributed by atoms with Gasteiger partial charge < -0.3 is 19.4 Å². The minimum Gasteiger partial charge on any atom is -0.508 e. The molecule has 0 bridgehead atoms. The second-order valence-corrected chi connectivity index (χ2v) is 8.33. The number of benzene rings is 3. The van der Waals surface area contributed by atoms with Crippen LogP contribution in [0.5, 0.6) is 5.75 Å². The number of para-hydroxylation sites is 1. The lowest BCUT2D eigenvalue weighted by atomic mass is 9.94. The molecule has 4 aromatic rings. The number of hydrogen-bond donors (Lipinski definition) is 2. The Morgan fingerprint density at radius 3 is 2.33 bits per heavy atom. The quantitative estimate of drug-likeness (QED) is 0.303. The molecule has 1 atom stereocenters. The first-order chi connectivity index (χ1) is 17.4. The minimum absolute atomic E-state index is 0.00963. The Kier molecular flexibility index (Phi) is 5.77. The van der Waals surface area contributed by atoms with Crippen molar-refractivity contribution in [2.24, 2.45) is 0 Å². The van der Waals surface area contributed by atoms with Gasteiger partial charge in [-0.2, -0.15) is 0 Å². The summed E-state index contributed by atoms with van der Waals surface area (Å²) in [5.41, 5.74) is 1.95. The Morgan fingerprint density at radius 1 is 0.972 bits per heavy atom. The van der Waals surface area contributed by atoms with Crippen molar-refractivity contribution in [3.63, 3.8) is 0 Å². The van der Waals surface area contributed by atoms with E-state index in [1.54, 1.807) is 60.7 Å². The molecule has 36 heavy (non-hydrogen) atoms. The molecule has 8 heteroatoms. The molecule has 1 aromatic heterocycles. The maximum atomic E-state index is 13.6. The van der Waals surface area contributed by atoms with Crippen LogP contribution in [0.2, 0.25) is 0 Å². The zero-order valence-electron chi connectivity index (χ0n) is 19.2. The number of fused-ring (bicyclic) bond motifs is 1. The van der Waals surface area contributed by atoms with E-state index in [2.05, 4.69) is 0 Å². The van der Waals surface area contributed by atoms with Crippen LogP contribution in [-0.4, -0.2) is 35.0 Å². The van der Waals surface area contributed by atoms with Gasteiger partial charge in [-0.05, 0) is 47.5 Å². The molecule has 180 valence electrons. The third-order valence-corrected chi connectivity index (χ3v) is 6.10. The highest BCUT2D eigenvalue weighted by molar-refractivity contribution is 6.20. The number of ketones is 1. The number of ether oxygens (including phenoxy) is 1. The van der Waals surface area contributed by atoms with E-state index in [-0.39, 0.29) is 23.5 Å². The van der Waals surface area contributed by atoms with E-state index in [1.165, 1.54) is 24.1 Å². The third kappa shape index (κ3) is 3.98. The summed E-state index contributed by atoms with van der Waals surface area (Å²) in [7, 11) is 1.30. The van der Waals surface area contributed by atoms with Crippen molar-refractivity contribution < 1.29 is 33.8 Å². The standard InChI is InChI=1S/C28H21NO7/c1-35-23(31)14-16-6-10-19(11-7-16)29-25(17-8-12-20(30)13-9-17)24(27(33)28(29)34)26(32)22-15-18-4-2-3-5-21(18)36-22/h2-13,15,25,30,33H,14H2,1H3. The Morgan fingerprint density at radius 2 is 1.67 bits per heavy atom. The van der Waals surface area contributed by atoms with E-state index in [0.717, 1.165) is 0 Å². The number of phenols is 1. The van der Waals surface area contributed by atoms with Crippen LogP contribution in [0.1, 0.15) is 27.7 Å². The second-order valence-electron chi connectivity index (χ2n) is 8.33. The van der Waals surface area contributed by atoms with Crippen LogP contribution in [-0.2, 0) is 20.7 Å². The number of carbonyl (C=O) groups is 3. The lowest BCUT2D eigenvalue weighted by Crippen LogP contribution is -2.31. The highest BCUT2D eigenvalue weighted by atomic mass is 16.5. The van der Waals surface area contributed by atoms with Crippen molar-refractivity contribution in [1.82, 2.24) is 0 Å². The summed E-state index contributed by atoms with van der Waals surface area (Å²) in [5.74, 6) is -2.46. The highest BCUT2D eigenvalue weighted by Gasteiger charge is 2.45. The molecule has 0 fully saturated rings. The monoisotopic (exact) mass is 483 g/mol. The van der Waals surface area contributed by atoms with Crippen LogP contribution in [0.4, 0.5) is 5.69 Å². The fourth-order valence-corrected chi connectivity index (χ4v) is 4.32. The highest BCUT2D eigenvalue weighted by Crippen LogP contribution is 2.42. The lowest BCUT2D eigenvalue weighted by Gasteiger charge is -2.27.